The van der Waals surface area contributed by atoms with E-state index in [0.717, 1.165) is 10.0 Å². The molecule has 1 aromatic rings. The van der Waals surface area contributed by atoms with Gasteiger partial charge >= 0.3 is 0 Å². The van der Waals surface area contributed by atoms with E-state index >= 15 is 0 Å². The smallest absolute Gasteiger partial charge is 0.220 e. The number of benzene rings is 1. The first kappa shape index (κ1) is 14.7. The molecule has 18 heavy (non-hydrogen) atoms. The number of hydrogen-bond donors (Lipinski definition) is 1. The van der Waals surface area contributed by atoms with Gasteiger partial charge in [0.2, 0.25) is 5.91 Å². The van der Waals surface area contributed by atoms with Crippen molar-refractivity contribution >= 4 is 21.8 Å². The summed E-state index contributed by atoms with van der Waals surface area (Å²) in [5, 5.41) is 11.2. The largest absolute Gasteiger partial charge is 0.353 e. The van der Waals surface area contributed by atoms with Gasteiger partial charge in [0.15, 0.2) is 0 Å². The molecule has 0 bridgehead atoms. The Balaban J connectivity index is 2.48. The highest BCUT2D eigenvalue weighted by atomic mass is 79.9. The van der Waals surface area contributed by atoms with Crippen molar-refractivity contribution in [2.24, 2.45) is 0 Å². The van der Waals surface area contributed by atoms with Gasteiger partial charge in [0.25, 0.3) is 0 Å². The topological polar surface area (TPSA) is 52.9 Å². The summed E-state index contributed by atoms with van der Waals surface area (Å²) in [7, 11) is 0. The van der Waals surface area contributed by atoms with Gasteiger partial charge in [-0.2, -0.15) is 5.26 Å². The van der Waals surface area contributed by atoms with E-state index in [1.807, 2.05) is 6.07 Å². The Bertz CT molecular complexity index is 471. The highest BCUT2D eigenvalue weighted by Gasteiger charge is 2.09. The normalized spacial score (nSPS) is 11.7. The van der Waals surface area contributed by atoms with Crippen LogP contribution in [0, 0.1) is 17.1 Å². The summed E-state index contributed by atoms with van der Waals surface area (Å²) in [6.45, 7) is 1.78. The molecular weight excluding hydrogens is 299 g/mol. The van der Waals surface area contributed by atoms with Crippen LogP contribution in [0.5, 0.6) is 0 Å². The second-order valence-electron chi connectivity index (χ2n) is 4.07. The molecule has 1 amide bonds. The molecule has 0 fully saturated rings. The first-order valence-corrected chi connectivity index (χ1v) is 6.42. The van der Waals surface area contributed by atoms with Gasteiger partial charge in [-0.15, -0.1) is 0 Å². The predicted octanol–water partition coefficient (Wildman–Crippen LogP) is 2.94. The molecule has 1 atom stereocenters. The van der Waals surface area contributed by atoms with Gasteiger partial charge in [-0.3, -0.25) is 4.79 Å². The summed E-state index contributed by atoms with van der Waals surface area (Å²) >= 11 is 3.31. The lowest BCUT2D eigenvalue weighted by atomic mass is 10.1. The molecule has 3 nitrogen and oxygen atoms in total. The number of aryl methyl sites for hydroxylation is 1. The van der Waals surface area contributed by atoms with E-state index in [9.17, 15) is 9.18 Å². The quantitative estimate of drug-likeness (QED) is 0.908. The SMILES string of the molecule is CC(CC#N)NC(=O)CCc1cc(F)ccc1Br. The molecule has 0 aliphatic carbocycles. The van der Waals surface area contributed by atoms with Gasteiger partial charge in [-0.25, -0.2) is 4.39 Å². The molecule has 5 heteroatoms. The minimum absolute atomic E-state index is 0.131. The fourth-order valence-corrected chi connectivity index (χ4v) is 1.96. The molecule has 96 valence electrons. The van der Waals surface area contributed by atoms with Crippen molar-refractivity contribution in [2.45, 2.75) is 32.2 Å². The van der Waals surface area contributed by atoms with Crippen molar-refractivity contribution in [2.75, 3.05) is 0 Å². The summed E-state index contributed by atoms with van der Waals surface area (Å²) in [6.07, 6.45) is 1.02. The van der Waals surface area contributed by atoms with Crippen LogP contribution in [0.2, 0.25) is 0 Å². The van der Waals surface area contributed by atoms with Crippen LogP contribution in [0.15, 0.2) is 22.7 Å². The van der Waals surface area contributed by atoms with Crippen LogP contribution in [0.3, 0.4) is 0 Å². The number of nitrogens with one attached hydrogen (secondary N) is 1. The van der Waals surface area contributed by atoms with Gasteiger partial charge in [0.1, 0.15) is 5.82 Å². The highest BCUT2D eigenvalue weighted by molar-refractivity contribution is 9.10. The minimum atomic E-state index is -0.313. The highest BCUT2D eigenvalue weighted by Crippen LogP contribution is 2.19. The number of rotatable bonds is 5. The first-order chi connectivity index (χ1) is 8.52. The Morgan fingerprint density at radius 3 is 3.00 bits per heavy atom. The van der Waals surface area contributed by atoms with Crippen LogP contribution in [0.4, 0.5) is 4.39 Å². The number of nitrogens with zero attached hydrogens (tertiary/aromatic N) is 1. The maximum Gasteiger partial charge on any atom is 0.220 e. The van der Waals surface area contributed by atoms with E-state index in [2.05, 4.69) is 21.2 Å². The summed E-state index contributed by atoms with van der Waals surface area (Å²) in [5.74, 6) is -0.444. The standard InChI is InChI=1S/C13H14BrFN2O/c1-9(6-7-16)17-13(18)5-2-10-8-11(15)3-4-12(10)14/h3-4,8-9H,2,5-6H2,1H3,(H,17,18). The average molecular weight is 313 g/mol. The van der Waals surface area contributed by atoms with Crippen LogP contribution >= 0.6 is 15.9 Å². The monoisotopic (exact) mass is 312 g/mol. The summed E-state index contributed by atoms with van der Waals surface area (Å²) < 4.78 is 13.8. The Hall–Kier alpha value is -1.41. The van der Waals surface area contributed by atoms with Crippen molar-refractivity contribution in [1.29, 1.82) is 5.26 Å². The van der Waals surface area contributed by atoms with Gasteiger partial charge < -0.3 is 5.32 Å². The average Bonchev–Trinajstić information content (AvgIpc) is 2.30. The van der Waals surface area contributed by atoms with Gasteiger partial charge in [0.05, 0.1) is 12.5 Å². The lowest BCUT2D eigenvalue weighted by Crippen LogP contribution is -2.32. The summed E-state index contributed by atoms with van der Waals surface area (Å²) in [6, 6.07) is 6.24. The zero-order valence-corrected chi connectivity index (χ0v) is 11.6. The van der Waals surface area contributed by atoms with Gasteiger partial charge in [-0.1, -0.05) is 15.9 Å². The third kappa shape index (κ3) is 4.84. The molecule has 0 saturated heterocycles. The van der Waals surface area contributed by atoms with E-state index in [1.54, 1.807) is 13.0 Å². The summed E-state index contributed by atoms with van der Waals surface area (Å²) in [4.78, 5) is 11.6. The lowest BCUT2D eigenvalue weighted by molar-refractivity contribution is -0.121. The van der Waals surface area contributed by atoms with E-state index in [4.69, 9.17) is 5.26 Å². The fourth-order valence-electron chi connectivity index (χ4n) is 1.52. The lowest BCUT2D eigenvalue weighted by Gasteiger charge is -2.10. The Morgan fingerprint density at radius 2 is 2.33 bits per heavy atom. The molecule has 0 aromatic heterocycles. The van der Waals surface area contributed by atoms with E-state index in [-0.39, 0.29) is 30.6 Å². The molecule has 0 aliphatic rings. The third-order valence-electron chi connectivity index (χ3n) is 2.43. The molecule has 1 aromatic carbocycles. The van der Waals surface area contributed by atoms with Crippen LogP contribution in [0.25, 0.3) is 0 Å². The zero-order valence-electron chi connectivity index (χ0n) is 10.0. The maximum absolute atomic E-state index is 13.0. The molecule has 0 aliphatic heterocycles. The van der Waals surface area contributed by atoms with Crippen molar-refractivity contribution in [1.82, 2.24) is 5.32 Å². The summed E-state index contributed by atoms with van der Waals surface area (Å²) in [5.41, 5.74) is 0.762. The van der Waals surface area contributed by atoms with Crippen molar-refractivity contribution < 1.29 is 9.18 Å². The minimum Gasteiger partial charge on any atom is -0.353 e. The molecule has 1 unspecified atom stereocenters. The van der Waals surface area contributed by atoms with Crippen molar-refractivity contribution in [3.63, 3.8) is 0 Å². The molecule has 0 heterocycles. The predicted molar refractivity (Wildman–Crippen MR) is 70.3 cm³/mol. The molecular formula is C13H14BrFN2O. The number of carbonyl (C=O) groups excluding carboxylic acids is 1. The van der Waals surface area contributed by atoms with Crippen LogP contribution < -0.4 is 5.32 Å². The number of amides is 1. The van der Waals surface area contributed by atoms with Crippen molar-refractivity contribution in [3.8, 4) is 6.07 Å². The zero-order chi connectivity index (χ0) is 13.5. The van der Waals surface area contributed by atoms with Crippen LogP contribution in [-0.4, -0.2) is 11.9 Å². The Labute approximate surface area is 114 Å². The van der Waals surface area contributed by atoms with E-state index in [0.29, 0.717) is 6.42 Å². The van der Waals surface area contributed by atoms with Crippen LogP contribution in [0.1, 0.15) is 25.3 Å². The Kier molecular flexibility index (Phi) is 5.79. The maximum atomic E-state index is 13.0. The molecule has 1 rings (SSSR count). The number of carbonyl (C=O) groups is 1. The second-order valence-corrected chi connectivity index (χ2v) is 4.92. The van der Waals surface area contributed by atoms with E-state index < -0.39 is 0 Å². The molecule has 0 radical (unpaired) electrons. The van der Waals surface area contributed by atoms with E-state index in [1.165, 1.54) is 12.1 Å². The second kappa shape index (κ2) is 7.12. The molecule has 0 spiro atoms. The number of nitriles is 1. The molecule has 1 N–H and O–H groups in total. The van der Waals surface area contributed by atoms with Gasteiger partial charge in [0, 0.05) is 16.9 Å². The number of halogens is 2. The first-order valence-electron chi connectivity index (χ1n) is 5.63. The molecule has 0 saturated carbocycles. The third-order valence-corrected chi connectivity index (χ3v) is 3.21. The van der Waals surface area contributed by atoms with Crippen molar-refractivity contribution in [3.05, 3.63) is 34.1 Å². The van der Waals surface area contributed by atoms with Crippen LogP contribution in [-0.2, 0) is 11.2 Å². The fraction of sp³-hybridized carbons (Fsp3) is 0.385. The number of hydrogen-bond acceptors (Lipinski definition) is 2. The Morgan fingerprint density at radius 1 is 1.61 bits per heavy atom. The van der Waals surface area contributed by atoms with Gasteiger partial charge in [-0.05, 0) is 37.1 Å².